The molecule has 7 heteroatoms. The van der Waals surface area contributed by atoms with E-state index < -0.39 is 21.9 Å². The van der Waals surface area contributed by atoms with Crippen LogP contribution < -0.4 is 4.72 Å². The second-order valence-electron chi connectivity index (χ2n) is 4.63. The average Bonchev–Trinajstić information content (AvgIpc) is 2.46. The van der Waals surface area contributed by atoms with Crippen LogP contribution in [-0.2, 0) is 10.0 Å². The van der Waals surface area contributed by atoms with Crippen LogP contribution in [0.25, 0.3) is 0 Å². The zero-order valence-corrected chi connectivity index (χ0v) is 13.1. The highest BCUT2D eigenvalue weighted by Gasteiger charge is 2.25. The van der Waals surface area contributed by atoms with E-state index in [9.17, 15) is 18.1 Å². The van der Waals surface area contributed by atoms with Gasteiger partial charge in [0.25, 0.3) is 0 Å². The van der Waals surface area contributed by atoms with Gasteiger partial charge < -0.3 is 0 Å². The largest absolute Gasteiger partial charge is 0.242 e. The average molecular weight is 339 g/mol. The monoisotopic (exact) mass is 338 g/mol. The minimum atomic E-state index is -3.97. The first-order valence-corrected chi connectivity index (χ1v) is 8.14. The minimum Gasteiger partial charge on any atom is -0.207 e. The molecular formula is C15H12ClFN2O2S. The molecule has 0 spiro atoms. The van der Waals surface area contributed by atoms with Crippen LogP contribution in [0.4, 0.5) is 4.39 Å². The second-order valence-corrected chi connectivity index (χ2v) is 6.75. The Morgan fingerprint density at radius 2 is 1.86 bits per heavy atom. The molecule has 2 aromatic carbocycles. The van der Waals surface area contributed by atoms with E-state index in [0.717, 1.165) is 11.6 Å². The molecule has 0 aliphatic carbocycles. The van der Waals surface area contributed by atoms with Gasteiger partial charge in [0.2, 0.25) is 10.0 Å². The van der Waals surface area contributed by atoms with Gasteiger partial charge in [0.15, 0.2) is 0 Å². The van der Waals surface area contributed by atoms with E-state index >= 15 is 0 Å². The van der Waals surface area contributed by atoms with Crippen molar-refractivity contribution in [3.8, 4) is 6.07 Å². The first-order valence-electron chi connectivity index (χ1n) is 6.27. The Balaban J connectivity index is 2.38. The summed E-state index contributed by atoms with van der Waals surface area (Å²) in [6, 6.07) is 10.3. The molecule has 4 nitrogen and oxygen atoms in total. The summed E-state index contributed by atoms with van der Waals surface area (Å²) in [7, 11) is -3.97. The van der Waals surface area contributed by atoms with Crippen molar-refractivity contribution in [1.82, 2.24) is 4.72 Å². The smallest absolute Gasteiger partial charge is 0.207 e. The number of nitrogens with one attached hydrogen (secondary N) is 1. The van der Waals surface area contributed by atoms with Gasteiger partial charge in [-0.15, -0.1) is 0 Å². The van der Waals surface area contributed by atoms with Gasteiger partial charge in [0.05, 0.1) is 11.0 Å². The van der Waals surface area contributed by atoms with Gasteiger partial charge in [-0.2, -0.15) is 9.98 Å². The standard InChI is InChI=1S/C15H12ClFN2O2S/c1-10-5-7-11(8-6-10)22(20,21)19-14(9-18)15-12(16)3-2-4-13(15)17/h2-8,14,19H,1H3. The summed E-state index contributed by atoms with van der Waals surface area (Å²) in [4.78, 5) is -0.00851. The Bertz CT molecular complexity index is 809. The topological polar surface area (TPSA) is 70.0 Å². The molecule has 1 unspecified atom stereocenters. The molecule has 114 valence electrons. The number of nitriles is 1. The molecule has 2 aromatic rings. The van der Waals surface area contributed by atoms with Gasteiger partial charge in [-0.3, -0.25) is 0 Å². The number of hydrogen-bond acceptors (Lipinski definition) is 3. The van der Waals surface area contributed by atoms with E-state index in [2.05, 4.69) is 4.72 Å². The number of aryl methyl sites for hydroxylation is 1. The van der Waals surface area contributed by atoms with E-state index in [4.69, 9.17) is 11.6 Å². The highest BCUT2D eigenvalue weighted by atomic mass is 35.5. The number of halogens is 2. The predicted octanol–water partition coefficient (Wildman–Crippen LogP) is 3.33. The maximum absolute atomic E-state index is 13.8. The normalized spacial score (nSPS) is 12.6. The van der Waals surface area contributed by atoms with Crippen molar-refractivity contribution in [2.24, 2.45) is 0 Å². The second kappa shape index (κ2) is 6.44. The Morgan fingerprint density at radius 3 is 2.41 bits per heavy atom. The fraction of sp³-hybridized carbons (Fsp3) is 0.133. The molecule has 0 bridgehead atoms. The van der Waals surface area contributed by atoms with Gasteiger partial charge in [0, 0.05) is 10.6 Å². The lowest BCUT2D eigenvalue weighted by Crippen LogP contribution is -2.28. The highest BCUT2D eigenvalue weighted by Crippen LogP contribution is 2.27. The van der Waals surface area contributed by atoms with Crippen LogP contribution in [-0.4, -0.2) is 8.42 Å². The molecule has 0 radical (unpaired) electrons. The van der Waals surface area contributed by atoms with Crippen LogP contribution in [0.15, 0.2) is 47.4 Å². The van der Waals surface area contributed by atoms with Crippen LogP contribution >= 0.6 is 11.6 Å². The van der Waals surface area contributed by atoms with Gasteiger partial charge in [-0.05, 0) is 31.2 Å². The summed E-state index contributed by atoms with van der Waals surface area (Å²) in [6.45, 7) is 1.82. The van der Waals surface area contributed by atoms with Gasteiger partial charge in [-0.1, -0.05) is 35.4 Å². The van der Waals surface area contributed by atoms with E-state index in [1.54, 1.807) is 18.2 Å². The third kappa shape index (κ3) is 3.45. The molecule has 1 atom stereocenters. The van der Waals surface area contributed by atoms with Crippen molar-refractivity contribution in [3.63, 3.8) is 0 Å². The van der Waals surface area contributed by atoms with E-state index in [1.165, 1.54) is 24.3 Å². The van der Waals surface area contributed by atoms with Crippen molar-refractivity contribution >= 4 is 21.6 Å². The Hall–Kier alpha value is -1.94. The molecule has 0 saturated carbocycles. The lowest BCUT2D eigenvalue weighted by Gasteiger charge is -2.14. The summed E-state index contributed by atoms with van der Waals surface area (Å²) < 4.78 is 40.6. The van der Waals surface area contributed by atoms with Crippen LogP contribution in [0.1, 0.15) is 17.2 Å². The van der Waals surface area contributed by atoms with Crippen molar-refractivity contribution < 1.29 is 12.8 Å². The van der Waals surface area contributed by atoms with Gasteiger partial charge in [0.1, 0.15) is 11.9 Å². The SMILES string of the molecule is Cc1ccc(S(=O)(=O)NC(C#N)c2c(F)cccc2Cl)cc1. The van der Waals surface area contributed by atoms with Crippen molar-refractivity contribution in [2.45, 2.75) is 17.9 Å². The molecule has 1 N–H and O–H groups in total. The fourth-order valence-corrected chi connectivity index (χ4v) is 3.26. The molecule has 0 fully saturated rings. The number of rotatable bonds is 4. The van der Waals surface area contributed by atoms with E-state index in [0.29, 0.717) is 0 Å². The van der Waals surface area contributed by atoms with Crippen LogP contribution in [0, 0.1) is 24.1 Å². The third-order valence-electron chi connectivity index (χ3n) is 3.02. The van der Waals surface area contributed by atoms with Crippen molar-refractivity contribution in [2.75, 3.05) is 0 Å². The molecule has 0 amide bonds. The lowest BCUT2D eigenvalue weighted by atomic mass is 10.1. The summed E-state index contributed by atoms with van der Waals surface area (Å²) in [5, 5.41) is 9.16. The zero-order chi connectivity index (χ0) is 16.3. The third-order valence-corrected chi connectivity index (χ3v) is 4.79. The highest BCUT2D eigenvalue weighted by molar-refractivity contribution is 7.89. The zero-order valence-electron chi connectivity index (χ0n) is 11.5. The van der Waals surface area contributed by atoms with Gasteiger partial charge in [-0.25, -0.2) is 12.8 Å². The summed E-state index contributed by atoms with van der Waals surface area (Å²) in [6.07, 6.45) is 0. The van der Waals surface area contributed by atoms with Crippen LogP contribution in [0.5, 0.6) is 0 Å². The maximum Gasteiger partial charge on any atom is 0.242 e. The first kappa shape index (κ1) is 16.4. The quantitative estimate of drug-likeness (QED) is 0.929. The molecule has 0 heterocycles. The number of benzene rings is 2. The van der Waals surface area contributed by atoms with Crippen LogP contribution in [0.2, 0.25) is 5.02 Å². The Kier molecular flexibility index (Phi) is 4.81. The molecule has 0 saturated heterocycles. The summed E-state index contributed by atoms with van der Waals surface area (Å²) in [5.74, 6) is -0.745. The Morgan fingerprint density at radius 1 is 1.23 bits per heavy atom. The maximum atomic E-state index is 13.8. The summed E-state index contributed by atoms with van der Waals surface area (Å²) >= 11 is 5.87. The molecule has 2 rings (SSSR count). The molecule has 0 aliphatic rings. The number of nitrogens with zero attached hydrogens (tertiary/aromatic N) is 1. The molecular weight excluding hydrogens is 327 g/mol. The van der Waals surface area contributed by atoms with Gasteiger partial charge >= 0.3 is 0 Å². The summed E-state index contributed by atoms with van der Waals surface area (Å²) in [5.41, 5.74) is 0.704. The lowest BCUT2D eigenvalue weighted by molar-refractivity contribution is 0.564. The fourth-order valence-electron chi connectivity index (χ4n) is 1.88. The number of hydrogen-bond donors (Lipinski definition) is 1. The Labute approximate surface area is 133 Å². The molecule has 0 aliphatic heterocycles. The van der Waals surface area contributed by atoms with Crippen molar-refractivity contribution in [3.05, 3.63) is 64.4 Å². The molecule has 0 aromatic heterocycles. The minimum absolute atomic E-state index is 0.00851. The number of sulfonamides is 1. The first-order chi connectivity index (χ1) is 10.3. The predicted molar refractivity (Wildman–Crippen MR) is 81.3 cm³/mol. The van der Waals surface area contributed by atoms with Crippen LogP contribution in [0.3, 0.4) is 0 Å². The van der Waals surface area contributed by atoms with E-state index in [-0.39, 0.29) is 15.5 Å². The molecule has 22 heavy (non-hydrogen) atoms. The van der Waals surface area contributed by atoms with E-state index in [1.807, 2.05) is 6.92 Å². The van der Waals surface area contributed by atoms with Crippen molar-refractivity contribution in [1.29, 1.82) is 5.26 Å².